The first-order valence-corrected chi connectivity index (χ1v) is 7.77. The standard InChI is InChI=1S/C17H24N2O3/c1-11-8-9-13(14(18)10-11)16(20)19-15(17(21)22-2)12-6-4-3-5-7-12/h8-10,12,15H,3-7,18H2,1-2H3,(H,19,20)/t15-/m0/s1. The minimum atomic E-state index is -0.599. The second-order valence-corrected chi connectivity index (χ2v) is 5.96. The van der Waals surface area contributed by atoms with Crippen molar-refractivity contribution in [2.45, 2.75) is 45.1 Å². The van der Waals surface area contributed by atoms with Crippen LogP contribution >= 0.6 is 0 Å². The Kier molecular flexibility index (Phi) is 5.41. The van der Waals surface area contributed by atoms with Gasteiger partial charge in [-0.25, -0.2) is 4.79 Å². The molecule has 1 saturated carbocycles. The summed E-state index contributed by atoms with van der Waals surface area (Å²) in [5.74, 6) is -0.568. The molecule has 0 saturated heterocycles. The van der Waals surface area contributed by atoms with Gasteiger partial charge in [0.1, 0.15) is 6.04 Å². The number of carbonyl (C=O) groups is 2. The predicted octanol–water partition coefficient (Wildman–Crippen LogP) is 2.43. The van der Waals surface area contributed by atoms with E-state index < -0.39 is 6.04 Å². The summed E-state index contributed by atoms with van der Waals surface area (Å²) >= 11 is 0. The van der Waals surface area contributed by atoms with Crippen molar-refractivity contribution in [3.8, 4) is 0 Å². The van der Waals surface area contributed by atoms with E-state index in [-0.39, 0.29) is 17.8 Å². The van der Waals surface area contributed by atoms with Gasteiger partial charge in [0.15, 0.2) is 0 Å². The van der Waals surface area contributed by atoms with Gasteiger partial charge in [0.05, 0.1) is 12.7 Å². The molecule has 3 N–H and O–H groups in total. The first kappa shape index (κ1) is 16.3. The topological polar surface area (TPSA) is 81.4 Å². The molecular weight excluding hydrogens is 280 g/mol. The number of aryl methyl sites for hydroxylation is 1. The lowest BCUT2D eigenvalue weighted by atomic mass is 9.83. The Labute approximate surface area is 131 Å². The summed E-state index contributed by atoms with van der Waals surface area (Å²) in [6, 6.07) is 4.68. The Bertz CT molecular complexity index is 551. The molecule has 2 rings (SSSR count). The third-order valence-electron chi connectivity index (χ3n) is 4.31. The Balaban J connectivity index is 2.15. The summed E-state index contributed by atoms with van der Waals surface area (Å²) in [4.78, 5) is 24.5. The monoisotopic (exact) mass is 304 g/mol. The first-order valence-electron chi connectivity index (χ1n) is 7.77. The zero-order valence-electron chi connectivity index (χ0n) is 13.2. The number of ether oxygens (including phenoxy) is 1. The Morgan fingerprint density at radius 3 is 2.55 bits per heavy atom. The fraction of sp³-hybridized carbons (Fsp3) is 0.529. The maximum atomic E-state index is 12.5. The summed E-state index contributed by atoms with van der Waals surface area (Å²) in [5.41, 5.74) is 7.72. The highest BCUT2D eigenvalue weighted by Gasteiger charge is 2.32. The van der Waals surface area contributed by atoms with Gasteiger partial charge in [-0.2, -0.15) is 0 Å². The van der Waals surface area contributed by atoms with Crippen LogP contribution in [0.2, 0.25) is 0 Å². The van der Waals surface area contributed by atoms with Crippen LogP contribution in [0.3, 0.4) is 0 Å². The van der Waals surface area contributed by atoms with Gasteiger partial charge in [-0.05, 0) is 43.4 Å². The highest BCUT2D eigenvalue weighted by atomic mass is 16.5. The van der Waals surface area contributed by atoms with Gasteiger partial charge in [-0.3, -0.25) is 4.79 Å². The quantitative estimate of drug-likeness (QED) is 0.661. The van der Waals surface area contributed by atoms with E-state index in [4.69, 9.17) is 10.5 Å². The molecule has 0 radical (unpaired) electrons. The van der Waals surface area contributed by atoms with E-state index in [2.05, 4.69) is 5.32 Å². The van der Waals surface area contributed by atoms with Crippen molar-refractivity contribution in [3.05, 3.63) is 29.3 Å². The van der Waals surface area contributed by atoms with Crippen LogP contribution in [0, 0.1) is 12.8 Å². The van der Waals surface area contributed by atoms with Crippen LogP contribution in [0.25, 0.3) is 0 Å². The van der Waals surface area contributed by atoms with Gasteiger partial charge in [0, 0.05) is 5.69 Å². The Hall–Kier alpha value is -2.04. The number of anilines is 1. The van der Waals surface area contributed by atoms with Crippen molar-refractivity contribution in [1.29, 1.82) is 0 Å². The van der Waals surface area contributed by atoms with Gasteiger partial charge in [0.2, 0.25) is 0 Å². The SMILES string of the molecule is COC(=O)[C@@H](NC(=O)c1ccc(C)cc1N)C1CCCCC1. The summed E-state index contributed by atoms with van der Waals surface area (Å²) < 4.78 is 4.87. The maximum absolute atomic E-state index is 12.5. The number of amides is 1. The highest BCUT2D eigenvalue weighted by molar-refractivity contribution is 6.01. The molecule has 5 nitrogen and oxygen atoms in total. The van der Waals surface area contributed by atoms with Crippen LogP contribution in [0.1, 0.15) is 48.0 Å². The fourth-order valence-electron chi connectivity index (χ4n) is 3.07. The number of hydrogen-bond donors (Lipinski definition) is 2. The number of carbonyl (C=O) groups excluding carboxylic acids is 2. The zero-order chi connectivity index (χ0) is 16.1. The maximum Gasteiger partial charge on any atom is 0.328 e. The van der Waals surface area contributed by atoms with Crippen LogP contribution in [0.5, 0.6) is 0 Å². The second kappa shape index (κ2) is 7.29. The summed E-state index contributed by atoms with van der Waals surface area (Å²) in [7, 11) is 1.35. The number of hydrogen-bond acceptors (Lipinski definition) is 4. The average molecular weight is 304 g/mol. The molecule has 0 bridgehead atoms. The highest BCUT2D eigenvalue weighted by Crippen LogP contribution is 2.27. The van der Waals surface area contributed by atoms with Crippen molar-refractivity contribution >= 4 is 17.6 Å². The normalized spacial score (nSPS) is 16.8. The molecule has 1 fully saturated rings. The van der Waals surface area contributed by atoms with Gasteiger partial charge < -0.3 is 15.8 Å². The lowest BCUT2D eigenvalue weighted by molar-refractivity contribution is -0.144. The van der Waals surface area contributed by atoms with E-state index in [1.54, 1.807) is 12.1 Å². The van der Waals surface area contributed by atoms with Crippen molar-refractivity contribution in [2.75, 3.05) is 12.8 Å². The number of esters is 1. The molecule has 0 aliphatic heterocycles. The smallest absolute Gasteiger partial charge is 0.328 e. The molecule has 120 valence electrons. The summed E-state index contributed by atoms with van der Waals surface area (Å²) in [6.07, 6.45) is 5.22. The van der Waals surface area contributed by atoms with Crippen LogP contribution < -0.4 is 11.1 Å². The Morgan fingerprint density at radius 1 is 1.27 bits per heavy atom. The molecule has 0 heterocycles. The number of methoxy groups -OCH3 is 1. The number of nitrogens with two attached hydrogens (primary N) is 1. The van der Waals surface area contributed by atoms with Crippen LogP contribution in [0.15, 0.2) is 18.2 Å². The molecule has 1 aliphatic rings. The molecule has 1 aliphatic carbocycles. The summed E-state index contributed by atoms with van der Waals surface area (Å²) in [5, 5.41) is 2.82. The van der Waals surface area contributed by atoms with E-state index in [1.807, 2.05) is 13.0 Å². The summed E-state index contributed by atoms with van der Waals surface area (Å²) in [6.45, 7) is 1.91. The minimum absolute atomic E-state index is 0.136. The lowest BCUT2D eigenvalue weighted by Gasteiger charge is -2.29. The second-order valence-electron chi connectivity index (χ2n) is 5.96. The Morgan fingerprint density at radius 2 is 1.95 bits per heavy atom. The molecular formula is C17H24N2O3. The van der Waals surface area contributed by atoms with Crippen molar-refractivity contribution in [3.63, 3.8) is 0 Å². The van der Waals surface area contributed by atoms with Gasteiger partial charge >= 0.3 is 5.97 Å². The number of nitrogen functional groups attached to an aromatic ring is 1. The van der Waals surface area contributed by atoms with Crippen molar-refractivity contribution < 1.29 is 14.3 Å². The van der Waals surface area contributed by atoms with Gasteiger partial charge in [0.25, 0.3) is 5.91 Å². The van der Waals surface area contributed by atoms with Crippen molar-refractivity contribution in [1.82, 2.24) is 5.32 Å². The predicted molar refractivity (Wildman–Crippen MR) is 85.4 cm³/mol. The van der Waals surface area contributed by atoms with Gasteiger partial charge in [-0.1, -0.05) is 25.3 Å². The number of rotatable bonds is 4. The minimum Gasteiger partial charge on any atom is -0.467 e. The largest absolute Gasteiger partial charge is 0.467 e. The van der Waals surface area contributed by atoms with E-state index >= 15 is 0 Å². The molecule has 5 heteroatoms. The van der Waals surface area contributed by atoms with Crippen molar-refractivity contribution in [2.24, 2.45) is 5.92 Å². The van der Waals surface area contributed by atoms with Crippen LogP contribution in [-0.2, 0) is 9.53 Å². The number of benzene rings is 1. The average Bonchev–Trinajstić information content (AvgIpc) is 2.52. The lowest BCUT2D eigenvalue weighted by Crippen LogP contribution is -2.47. The fourth-order valence-corrected chi connectivity index (χ4v) is 3.07. The van der Waals surface area contributed by atoms with Gasteiger partial charge in [-0.15, -0.1) is 0 Å². The third kappa shape index (κ3) is 3.78. The third-order valence-corrected chi connectivity index (χ3v) is 4.31. The van der Waals surface area contributed by atoms with E-state index in [0.717, 1.165) is 31.2 Å². The molecule has 0 unspecified atom stereocenters. The van der Waals surface area contributed by atoms with Crippen LogP contribution in [-0.4, -0.2) is 25.0 Å². The molecule has 0 spiro atoms. The first-order chi connectivity index (χ1) is 10.5. The van der Waals surface area contributed by atoms with Crippen LogP contribution in [0.4, 0.5) is 5.69 Å². The molecule has 22 heavy (non-hydrogen) atoms. The van der Waals surface area contributed by atoms with E-state index in [1.165, 1.54) is 13.5 Å². The molecule has 0 aromatic heterocycles. The zero-order valence-corrected chi connectivity index (χ0v) is 13.2. The number of nitrogens with one attached hydrogen (secondary N) is 1. The molecule has 1 amide bonds. The molecule has 1 aromatic rings. The molecule has 1 atom stereocenters. The van der Waals surface area contributed by atoms with E-state index in [0.29, 0.717) is 11.3 Å². The molecule has 1 aromatic carbocycles. The van der Waals surface area contributed by atoms with E-state index in [9.17, 15) is 9.59 Å².